The second kappa shape index (κ2) is 5.32. The molecule has 17 heavy (non-hydrogen) atoms. The first-order valence-electron chi connectivity index (χ1n) is 4.46. The van der Waals surface area contributed by atoms with Gasteiger partial charge in [0.15, 0.2) is 11.6 Å². The lowest BCUT2D eigenvalue weighted by Gasteiger charge is -2.08. The van der Waals surface area contributed by atoms with Gasteiger partial charge in [0.05, 0.1) is 16.9 Å². The maximum atomic E-state index is 13.4. The van der Waals surface area contributed by atoms with Crippen LogP contribution < -0.4 is 5.32 Å². The van der Waals surface area contributed by atoms with Gasteiger partial charge in [0.25, 0.3) is 0 Å². The normalized spacial score (nSPS) is 10.4. The van der Waals surface area contributed by atoms with E-state index in [0.29, 0.717) is 10.7 Å². The van der Waals surface area contributed by atoms with E-state index in [2.05, 4.69) is 37.9 Å². The van der Waals surface area contributed by atoms with Gasteiger partial charge in [-0.15, -0.1) is 0 Å². The molecule has 7 heteroatoms. The molecule has 2 rings (SSSR count). The van der Waals surface area contributed by atoms with Crippen LogP contribution in [0.4, 0.5) is 15.9 Å². The lowest BCUT2D eigenvalue weighted by atomic mass is 10.3. The molecule has 0 aliphatic rings. The van der Waals surface area contributed by atoms with Crippen molar-refractivity contribution < 1.29 is 4.39 Å². The van der Waals surface area contributed by atoms with Crippen molar-refractivity contribution in [3.05, 3.63) is 44.1 Å². The number of hydrogen-bond donors (Lipinski definition) is 1. The zero-order chi connectivity index (χ0) is 12.4. The fourth-order valence-corrected chi connectivity index (χ4v) is 2.19. The summed E-state index contributed by atoms with van der Waals surface area (Å²) in [5.41, 5.74) is 0.556. The fraction of sp³-hybridized carbons (Fsp3) is 0. The summed E-state index contributed by atoms with van der Waals surface area (Å²) >= 11 is 13.7. The van der Waals surface area contributed by atoms with Crippen LogP contribution in [0.15, 0.2) is 24.4 Å². The van der Waals surface area contributed by atoms with Crippen molar-refractivity contribution in [1.29, 1.82) is 0 Å². The topological polar surface area (TPSA) is 37.8 Å². The molecule has 0 unspecified atom stereocenters. The second-order valence-electron chi connectivity index (χ2n) is 3.08. The van der Waals surface area contributed by atoms with Crippen molar-refractivity contribution in [3.63, 3.8) is 0 Å². The van der Waals surface area contributed by atoms with E-state index >= 15 is 0 Å². The molecule has 1 aromatic carbocycles. The Kier molecular flexibility index (Phi) is 4.01. The second-order valence-corrected chi connectivity index (χ2v) is 5.08. The van der Waals surface area contributed by atoms with Gasteiger partial charge in [-0.05, 0) is 52.4 Å². The molecule has 2 aromatic rings. The molecular weight excluding hydrogens is 379 g/mol. The molecule has 0 bridgehead atoms. The van der Waals surface area contributed by atoms with E-state index in [1.807, 2.05) is 6.07 Å². The summed E-state index contributed by atoms with van der Waals surface area (Å²) in [5.74, 6) is -0.600. The summed E-state index contributed by atoms with van der Waals surface area (Å²) in [6.45, 7) is 0. The predicted molar refractivity (Wildman–Crippen MR) is 74.5 cm³/mol. The smallest absolute Gasteiger partial charge is 0.224 e. The van der Waals surface area contributed by atoms with E-state index in [1.165, 1.54) is 0 Å². The maximum Gasteiger partial charge on any atom is 0.224 e. The minimum atomic E-state index is -0.594. The van der Waals surface area contributed by atoms with Crippen LogP contribution in [0.2, 0.25) is 10.3 Å². The number of rotatable bonds is 2. The molecule has 0 saturated carbocycles. The van der Waals surface area contributed by atoms with E-state index in [-0.39, 0.29) is 11.1 Å². The number of anilines is 2. The third kappa shape index (κ3) is 3.17. The summed E-state index contributed by atoms with van der Waals surface area (Å²) in [4.78, 5) is 7.26. The monoisotopic (exact) mass is 383 g/mol. The Hall–Kier alpha value is -0.660. The Morgan fingerprint density at radius 1 is 1.29 bits per heavy atom. The molecule has 0 fully saturated rings. The van der Waals surface area contributed by atoms with Gasteiger partial charge in [-0.1, -0.05) is 11.6 Å². The Morgan fingerprint density at radius 3 is 2.76 bits per heavy atom. The highest BCUT2D eigenvalue weighted by molar-refractivity contribution is 14.1. The SMILES string of the molecule is Fc1cnc(Cl)nc1Nc1ccc(I)cc1Cl. The van der Waals surface area contributed by atoms with Crippen LogP contribution in [0.5, 0.6) is 0 Å². The number of halogens is 4. The molecule has 0 atom stereocenters. The molecule has 0 radical (unpaired) electrons. The van der Waals surface area contributed by atoms with Gasteiger partial charge in [0.2, 0.25) is 5.28 Å². The third-order valence-electron chi connectivity index (χ3n) is 1.90. The van der Waals surface area contributed by atoms with Crippen molar-refractivity contribution in [2.45, 2.75) is 0 Å². The third-order valence-corrected chi connectivity index (χ3v) is 3.06. The fourth-order valence-electron chi connectivity index (χ4n) is 1.15. The first kappa shape index (κ1) is 12.8. The zero-order valence-corrected chi connectivity index (χ0v) is 11.9. The molecular formula is C10H5Cl2FIN3. The van der Waals surface area contributed by atoms with Crippen molar-refractivity contribution in [3.8, 4) is 0 Å². The molecule has 0 aliphatic carbocycles. The number of nitrogens with zero attached hydrogens (tertiary/aromatic N) is 2. The van der Waals surface area contributed by atoms with E-state index in [9.17, 15) is 4.39 Å². The summed E-state index contributed by atoms with van der Waals surface area (Å²) in [6.07, 6.45) is 0.998. The number of nitrogens with one attached hydrogen (secondary N) is 1. The van der Waals surface area contributed by atoms with Crippen LogP contribution in [-0.4, -0.2) is 9.97 Å². The standard InChI is InChI=1S/C10H5Cl2FIN3/c11-6-3-5(14)1-2-8(6)16-9-7(13)4-15-10(12)17-9/h1-4H,(H,15,16,17). The Morgan fingerprint density at radius 2 is 2.06 bits per heavy atom. The molecule has 1 heterocycles. The minimum absolute atomic E-state index is 0.00638. The van der Waals surface area contributed by atoms with E-state index in [4.69, 9.17) is 23.2 Å². The van der Waals surface area contributed by atoms with Crippen molar-refractivity contribution >= 4 is 57.3 Å². The van der Waals surface area contributed by atoms with Gasteiger partial charge < -0.3 is 5.32 Å². The summed E-state index contributed by atoms with van der Waals surface area (Å²) in [5, 5.41) is 3.21. The maximum absolute atomic E-state index is 13.4. The molecule has 3 nitrogen and oxygen atoms in total. The van der Waals surface area contributed by atoms with E-state index in [0.717, 1.165) is 9.77 Å². The molecule has 0 saturated heterocycles. The van der Waals surface area contributed by atoms with Gasteiger partial charge in [-0.3, -0.25) is 0 Å². The summed E-state index contributed by atoms with van der Waals surface area (Å²) in [6, 6.07) is 5.33. The number of benzene rings is 1. The largest absolute Gasteiger partial charge is 0.336 e. The van der Waals surface area contributed by atoms with Gasteiger partial charge >= 0.3 is 0 Å². The minimum Gasteiger partial charge on any atom is -0.336 e. The molecule has 1 N–H and O–H groups in total. The van der Waals surface area contributed by atoms with Crippen molar-refractivity contribution in [2.24, 2.45) is 0 Å². The molecule has 1 aromatic heterocycles. The number of aromatic nitrogens is 2. The Labute approximate surface area is 121 Å². The highest BCUT2D eigenvalue weighted by atomic mass is 127. The summed E-state index contributed by atoms with van der Waals surface area (Å²) in [7, 11) is 0. The van der Waals surface area contributed by atoms with Crippen LogP contribution in [0.3, 0.4) is 0 Å². The molecule has 88 valence electrons. The summed E-state index contributed by atoms with van der Waals surface area (Å²) < 4.78 is 14.4. The molecule has 0 amide bonds. The van der Waals surface area contributed by atoms with Gasteiger partial charge in [-0.2, -0.15) is 4.98 Å². The van der Waals surface area contributed by atoms with Crippen LogP contribution in [-0.2, 0) is 0 Å². The highest BCUT2D eigenvalue weighted by Crippen LogP contribution is 2.27. The van der Waals surface area contributed by atoms with Gasteiger partial charge in [-0.25, -0.2) is 9.37 Å². The average molecular weight is 384 g/mol. The predicted octanol–water partition coefficient (Wildman–Crippen LogP) is 4.27. The van der Waals surface area contributed by atoms with Crippen LogP contribution in [0, 0.1) is 9.39 Å². The van der Waals surface area contributed by atoms with Crippen LogP contribution >= 0.6 is 45.8 Å². The first-order valence-corrected chi connectivity index (χ1v) is 6.30. The lowest BCUT2D eigenvalue weighted by Crippen LogP contribution is -1.99. The Balaban J connectivity index is 2.34. The van der Waals surface area contributed by atoms with E-state index < -0.39 is 5.82 Å². The van der Waals surface area contributed by atoms with Crippen LogP contribution in [0.1, 0.15) is 0 Å². The molecule has 0 spiro atoms. The van der Waals surface area contributed by atoms with E-state index in [1.54, 1.807) is 12.1 Å². The first-order chi connectivity index (χ1) is 8.06. The quantitative estimate of drug-likeness (QED) is 0.621. The van der Waals surface area contributed by atoms with Crippen LogP contribution in [0.25, 0.3) is 0 Å². The van der Waals surface area contributed by atoms with Gasteiger partial charge in [0.1, 0.15) is 0 Å². The average Bonchev–Trinajstić information content (AvgIpc) is 2.27. The number of hydrogen-bond acceptors (Lipinski definition) is 3. The molecule has 0 aliphatic heterocycles. The van der Waals surface area contributed by atoms with Crippen molar-refractivity contribution in [1.82, 2.24) is 9.97 Å². The lowest BCUT2D eigenvalue weighted by molar-refractivity contribution is 0.619. The zero-order valence-electron chi connectivity index (χ0n) is 8.22. The van der Waals surface area contributed by atoms with Gasteiger partial charge in [0, 0.05) is 3.57 Å². The highest BCUT2D eigenvalue weighted by Gasteiger charge is 2.08. The van der Waals surface area contributed by atoms with Crippen molar-refractivity contribution in [2.75, 3.05) is 5.32 Å². The Bertz CT molecular complexity index is 565.